The van der Waals surface area contributed by atoms with Gasteiger partial charge in [0.05, 0.1) is 10.7 Å². The second-order valence-electron chi connectivity index (χ2n) is 6.77. The SMILES string of the molecule is C/C(=N\NC(=O)CCN1CCN(c2ccccc2)CC1)c1ccc(Cl)cc1Cl. The number of piperazine rings is 1. The van der Waals surface area contributed by atoms with Gasteiger partial charge in [-0.2, -0.15) is 5.10 Å². The maximum atomic E-state index is 12.1. The van der Waals surface area contributed by atoms with E-state index in [4.69, 9.17) is 23.2 Å². The molecule has 1 aliphatic rings. The van der Waals surface area contributed by atoms with Gasteiger partial charge in [0, 0.05) is 55.4 Å². The molecule has 1 heterocycles. The van der Waals surface area contributed by atoms with Crippen LogP contribution >= 0.6 is 23.2 Å². The predicted molar refractivity (Wildman–Crippen MR) is 117 cm³/mol. The molecule has 28 heavy (non-hydrogen) atoms. The molecule has 0 unspecified atom stereocenters. The van der Waals surface area contributed by atoms with E-state index in [9.17, 15) is 4.79 Å². The number of hydrazone groups is 1. The fourth-order valence-electron chi connectivity index (χ4n) is 3.17. The number of hydrogen-bond acceptors (Lipinski definition) is 4. The molecule has 0 radical (unpaired) electrons. The van der Waals surface area contributed by atoms with E-state index < -0.39 is 0 Å². The van der Waals surface area contributed by atoms with Crippen molar-refractivity contribution in [3.8, 4) is 0 Å². The molecular weight excluding hydrogens is 395 g/mol. The average molecular weight is 419 g/mol. The summed E-state index contributed by atoms with van der Waals surface area (Å²) >= 11 is 12.1. The summed E-state index contributed by atoms with van der Waals surface area (Å²) in [6.45, 7) is 6.37. The summed E-state index contributed by atoms with van der Waals surface area (Å²) in [6.07, 6.45) is 0.413. The van der Waals surface area contributed by atoms with Crippen molar-refractivity contribution in [3.05, 3.63) is 64.1 Å². The lowest BCUT2D eigenvalue weighted by Gasteiger charge is -2.36. The lowest BCUT2D eigenvalue weighted by atomic mass is 10.1. The third kappa shape index (κ3) is 5.71. The van der Waals surface area contributed by atoms with Gasteiger partial charge in [0.25, 0.3) is 0 Å². The quantitative estimate of drug-likeness (QED) is 0.568. The first kappa shape index (κ1) is 20.6. The van der Waals surface area contributed by atoms with Crippen LogP contribution in [0.15, 0.2) is 53.6 Å². The number of benzene rings is 2. The number of rotatable bonds is 6. The molecule has 1 amide bonds. The van der Waals surface area contributed by atoms with Gasteiger partial charge in [0.15, 0.2) is 0 Å². The molecule has 2 aromatic carbocycles. The Morgan fingerprint density at radius 2 is 1.79 bits per heavy atom. The van der Waals surface area contributed by atoms with E-state index in [0.29, 0.717) is 22.2 Å². The Bertz CT molecular complexity index is 834. The van der Waals surface area contributed by atoms with Gasteiger partial charge in [-0.15, -0.1) is 0 Å². The molecule has 5 nitrogen and oxygen atoms in total. The van der Waals surface area contributed by atoms with Gasteiger partial charge in [-0.3, -0.25) is 9.69 Å². The second kappa shape index (κ2) is 9.92. The van der Waals surface area contributed by atoms with Crippen LogP contribution in [0.3, 0.4) is 0 Å². The molecule has 0 saturated carbocycles. The molecule has 0 bridgehead atoms. The number of nitrogens with one attached hydrogen (secondary N) is 1. The van der Waals surface area contributed by atoms with E-state index in [1.165, 1.54) is 5.69 Å². The Morgan fingerprint density at radius 3 is 2.46 bits per heavy atom. The zero-order valence-corrected chi connectivity index (χ0v) is 17.4. The van der Waals surface area contributed by atoms with Crippen molar-refractivity contribution in [2.24, 2.45) is 5.10 Å². The van der Waals surface area contributed by atoms with Crippen LogP contribution in [0.5, 0.6) is 0 Å². The fourth-order valence-corrected chi connectivity index (χ4v) is 3.72. The van der Waals surface area contributed by atoms with Crippen LogP contribution in [0.1, 0.15) is 18.9 Å². The maximum Gasteiger partial charge on any atom is 0.241 e. The smallest absolute Gasteiger partial charge is 0.241 e. The molecule has 1 fully saturated rings. The summed E-state index contributed by atoms with van der Waals surface area (Å²) in [4.78, 5) is 16.8. The Kier molecular flexibility index (Phi) is 7.31. The summed E-state index contributed by atoms with van der Waals surface area (Å²) in [5.41, 5.74) is 5.27. The van der Waals surface area contributed by atoms with Crippen LogP contribution in [0.25, 0.3) is 0 Å². The van der Waals surface area contributed by atoms with E-state index in [1.807, 2.05) is 6.07 Å². The first-order valence-corrected chi connectivity index (χ1v) is 10.1. The van der Waals surface area contributed by atoms with E-state index >= 15 is 0 Å². The van der Waals surface area contributed by atoms with E-state index in [1.54, 1.807) is 25.1 Å². The van der Waals surface area contributed by atoms with Gasteiger partial charge in [-0.05, 0) is 31.2 Å². The van der Waals surface area contributed by atoms with Crippen LogP contribution in [-0.4, -0.2) is 49.2 Å². The average Bonchev–Trinajstić information content (AvgIpc) is 2.71. The molecule has 0 spiro atoms. The third-order valence-corrected chi connectivity index (χ3v) is 5.37. The van der Waals surface area contributed by atoms with Crippen molar-refractivity contribution in [2.75, 3.05) is 37.6 Å². The number of carbonyl (C=O) groups excluding carboxylic acids is 1. The summed E-state index contributed by atoms with van der Waals surface area (Å²) in [7, 11) is 0. The Balaban J connectivity index is 1.42. The molecule has 148 valence electrons. The minimum atomic E-state index is -0.102. The molecule has 2 aromatic rings. The normalized spacial score (nSPS) is 15.5. The minimum Gasteiger partial charge on any atom is -0.369 e. The van der Waals surface area contributed by atoms with Gasteiger partial charge >= 0.3 is 0 Å². The fraction of sp³-hybridized carbons (Fsp3) is 0.333. The first-order valence-electron chi connectivity index (χ1n) is 9.34. The zero-order chi connectivity index (χ0) is 19.9. The topological polar surface area (TPSA) is 47.9 Å². The van der Waals surface area contributed by atoms with Gasteiger partial charge < -0.3 is 4.90 Å². The van der Waals surface area contributed by atoms with Crippen LogP contribution in [0.4, 0.5) is 5.69 Å². The van der Waals surface area contributed by atoms with Gasteiger partial charge in [-0.25, -0.2) is 5.43 Å². The highest BCUT2D eigenvalue weighted by Crippen LogP contribution is 2.21. The summed E-state index contributed by atoms with van der Waals surface area (Å²) in [5, 5.41) is 5.24. The van der Waals surface area contributed by atoms with Crippen molar-refractivity contribution in [3.63, 3.8) is 0 Å². The van der Waals surface area contributed by atoms with Gasteiger partial charge in [0.2, 0.25) is 5.91 Å². The number of carbonyl (C=O) groups is 1. The number of anilines is 1. The predicted octanol–water partition coefficient (Wildman–Crippen LogP) is 4.05. The molecule has 1 saturated heterocycles. The lowest BCUT2D eigenvalue weighted by Crippen LogP contribution is -2.47. The Labute approximate surface area is 175 Å². The molecule has 0 atom stereocenters. The van der Waals surface area contributed by atoms with Gasteiger partial charge in [-0.1, -0.05) is 47.5 Å². The Hall–Kier alpha value is -2.08. The first-order chi connectivity index (χ1) is 13.5. The molecular formula is C21H24Cl2N4O. The number of hydrogen-bond donors (Lipinski definition) is 1. The van der Waals surface area contributed by atoms with Crippen molar-refractivity contribution in [1.82, 2.24) is 10.3 Å². The third-order valence-electron chi connectivity index (χ3n) is 4.82. The molecule has 0 aromatic heterocycles. The number of amides is 1. The maximum absolute atomic E-state index is 12.1. The highest BCUT2D eigenvalue weighted by Gasteiger charge is 2.17. The summed E-state index contributed by atoms with van der Waals surface area (Å²) < 4.78 is 0. The van der Waals surface area contributed by atoms with Crippen molar-refractivity contribution in [2.45, 2.75) is 13.3 Å². The largest absolute Gasteiger partial charge is 0.369 e. The molecule has 0 aliphatic carbocycles. The molecule has 3 rings (SSSR count). The molecule has 7 heteroatoms. The summed E-state index contributed by atoms with van der Waals surface area (Å²) in [5.74, 6) is -0.102. The van der Waals surface area contributed by atoms with Crippen LogP contribution in [-0.2, 0) is 4.79 Å². The standard InChI is InChI=1S/C21H24Cl2N4O/c1-16(19-8-7-17(22)15-20(19)23)24-25-21(28)9-10-26-11-13-27(14-12-26)18-5-3-2-4-6-18/h2-8,15H,9-14H2,1H3,(H,25,28)/b24-16+. The van der Waals surface area contributed by atoms with Crippen LogP contribution < -0.4 is 10.3 Å². The number of para-hydroxylation sites is 1. The van der Waals surface area contributed by atoms with Crippen LogP contribution in [0, 0.1) is 0 Å². The van der Waals surface area contributed by atoms with E-state index in [2.05, 4.69) is 44.6 Å². The lowest BCUT2D eigenvalue weighted by molar-refractivity contribution is -0.121. The summed E-state index contributed by atoms with van der Waals surface area (Å²) in [6, 6.07) is 15.6. The van der Waals surface area contributed by atoms with Crippen molar-refractivity contribution < 1.29 is 4.79 Å². The molecule has 1 N–H and O–H groups in total. The highest BCUT2D eigenvalue weighted by molar-refractivity contribution is 6.37. The van der Waals surface area contributed by atoms with Crippen molar-refractivity contribution >= 4 is 40.5 Å². The second-order valence-corrected chi connectivity index (χ2v) is 7.61. The van der Waals surface area contributed by atoms with Crippen molar-refractivity contribution in [1.29, 1.82) is 0 Å². The molecule has 1 aliphatic heterocycles. The van der Waals surface area contributed by atoms with E-state index in [0.717, 1.165) is 38.3 Å². The highest BCUT2D eigenvalue weighted by atomic mass is 35.5. The number of halogens is 2. The number of nitrogens with zero attached hydrogens (tertiary/aromatic N) is 3. The van der Waals surface area contributed by atoms with Crippen LogP contribution in [0.2, 0.25) is 10.0 Å². The van der Waals surface area contributed by atoms with Gasteiger partial charge in [0.1, 0.15) is 0 Å². The monoisotopic (exact) mass is 418 g/mol. The Morgan fingerprint density at radius 1 is 1.07 bits per heavy atom. The van der Waals surface area contributed by atoms with E-state index in [-0.39, 0.29) is 5.91 Å². The minimum absolute atomic E-state index is 0.102. The zero-order valence-electron chi connectivity index (χ0n) is 15.9.